The van der Waals surface area contributed by atoms with Gasteiger partial charge >= 0.3 is 0 Å². The minimum atomic E-state index is 0.686. The average Bonchev–Trinajstić information content (AvgIpc) is 1.97. The minimum Gasteiger partial charge on any atom is -0.162 e. The Balaban J connectivity index is 3.14. The van der Waals surface area contributed by atoms with E-state index in [-0.39, 0.29) is 0 Å². The first-order chi connectivity index (χ1) is 5.66. The molecule has 0 N–H and O–H groups in total. The molecule has 0 aliphatic heterocycles. The number of alkyl halides is 1. The molecule has 0 radical (unpaired) electrons. The Hall–Kier alpha value is 0.830. The standard InChI is InChI=1S/C10H21BrS/c1-4-12-7-5-6-9(2)8-10(3)11/h9-10H,4-8H2,1-3H3. The fourth-order valence-corrected chi connectivity index (χ4v) is 2.65. The molecular weight excluding hydrogens is 232 g/mol. The Bertz CT molecular complexity index is 93.8. The molecule has 0 saturated heterocycles. The molecule has 0 aliphatic carbocycles. The Labute approximate surface area is 90.0 Å². The van der Waals surface area contributed by atoms with Crippen molar-refractivity contribution >= 4 is 27.7 Å². The van der Waals surface area contributed by atoms with Gasteiger partial charge in [0.25, 0.3) is 0 Å². The van der Waals surface area contributed by atoms with Gasteiger partial charge in [-0.05, 0) is 36.7 Å². The summed E-state index contributed by atoms with van der Waals surface area (Å²) in [7, 11) is 0. The maximum Gasteiger partial charge on any atom is 0.0120 e. The van der Waals surface area contributed by atoms with Gasteiger partial charge in [0.2, 0.25) is 0 Å². The first-order valence-electron chi connectivity index (χ1n) is 4.88. The molecule has 0 heterocycles. The van der Waals surface area contributed by atoms with Crippen LogP contribution in [0, 0.1) is 5.92 Å². The van der Waals surface area contributed by atoms with Gasteiger partial charge in [-0.25, -0.2) is 0 Å². The van der Waals surface area contributed by atoms with Gasteiger partial charge in [-0.1, -0.05) is 36.7 Å². The van der Waals surface area contributed by atoms with Crippen molar-refractivity contribution in [3.8, 4) is 0 Å². The molecular formula is C10H21BrS. The second kappa shape index (κ2) is 8.43. The number of thioether (sulfide) groups is 1. The smallest absolute Gasteiger partial charge is 0.0120 e. The van der Waals surface area contributed by atoms with Crippen LogP contribution in [0.25, 0.3) is 0 Å². The van der Waals surface area contributed by atoms with Gasteiger partial charge in [0.05, 0.1) is 0 Å². The van der Waals surface area contributed by atoms with Crippen molar-refractivity contribution in [3.63, 3.8) is 0 Å². The van der Waals surface area contributed by atoms with Gasteiger partial charge < -0.3 is 0 Å². The maximum absolute atomic E-state index is 3.59. The fraction of sp³-hybridized carbons (Fsp3) is 1.00. The SMILES string of the molecule is CCSCCCC(C)CC(C)Br. The predicted octanol–water partition coefficient (Wildman–Crippen LogP) is 4.33. The molecule has 2 unspecified atom stereocenters. The van der Waals surface area contributed by atoms with E-state index in [0.717, 1.165) is 5.92 Å². The zero-order valence-electron chi connectivity index (χ0n) is 8.48. The molecule has 2 atom stereocenters. The second-order valence-electron chi connectivity index (χ2n) is 3.46. The van der Waals surface area contributed by atoms with Gasteiger partial charge in [-0.15, -0.1) is 0 Å². The Morgan fingerprint density at radius 1 is 1.33 bits per heavy atom. The van der Waals surface area contributed by atoms with Gasteiger partial charge in [0.1, 0.15) is 0 Å². The highest BCUT2D eigenvalue weighted by Gasteiger charge is 2.04. The average molecular weight is 253 g/mol. The second-order valence-corrected chi connectivity index (χ2v) is 6.42. The number of halogens is 1. The van der Waals surface area contributed by atoms with E-state index >= 15 is 0 Å². The normalized spacial score (nSPS) is 16.0. The van der Waals surface area contributed by atoms with E-state index in [9.17, 15) is 0 Å². The van der Waals surface area contributed by atoms with Crippen LogP contribution in [0.15, 0.2) is 0 Å². The summed E-state index contributed by atoms with van der Waals surface area (Å²) in [4.78, 5) is 0.686. The van der Waals surface area contributed by atoms with E-state index in [1.54, 1.807) is 0 Å². The fourth-order valence-electron chi connectivity index (χ4n) is 1.35. The molecule has 0 aliphatic rings. The van der Waals surface area contributed by atoms with Gasteiger partial charge in [0, 0.05) is 4.83 Å². The third kappa shape index (κ3) is 8.92. The zero-order chi connectivity index (χ0) is 9.40. The van der Waals surface area contributed by atoms with Crippen LogP contribution in [0.3, 0.4) is 0 Å². The van der Waals surface area contributed by atoms with Crippen LogP contribution in [0.2, 0.25) is 0 Å². The lowest BCUT2D eigenvalue weighted by Gasteiger charge is -2.11. The third-order valence-corrected chi connectivity index (χ3v) is 3.28. The molecule has 2 heteroatoms. The van der Waals surface area contributed by atoms with Crippen molar-refractivity contribution in [1.82, 2.24) is 0 Å². The molecule has 0 aromatic heterocycles. The first kappa shape index (κ1) is 12.8. The third-order valence-electron chi connectivity index (χ3n) is 1.92. The van der Waals surface area contributed by atoms with Crippen LogP contribution < -0.4 is 0 Å². The number of hydrogen-bond acceptors (Lipinski definition) is 1. The summed E-state index contributed by atoms with van der Waals surface area (Å²) in [5.41, 5.74) is 0. The molecule has 0 saturated carbocycles. The number of rotatable bonds is 7. The van der Waals surface area contributed by atoms with E-state index in [1.165, 1.54) is 30.8 Å². The molecule has 12 heavy (non-hydrogen) atoms. The number of hydrogen-bond donors (Lipinski definition) is 0. The molecule has 0 aromatic carbocycles. The van der Waals surface area contributed by atoms with Gasteiger partial charge in [-0.2, -0.15) is 11.8 Å². The van der Waals surface area contributed by atoms with E-state index in [0.29, 0.717) is 4.83 Å². The molecule has 0 rings (SSSR count). The Kier molecular flexibility index (Phi) is 9.01. The zero-order valence-corrected chi connectivity index (χ0v) is 10.9. The van der Waals surface area contributed by atoms with E-state index in [2.05, 4.69) is 48.5 Å². The van der Waals surface area contributed by atoms with Crippen molar-refractivity contribution in [2.75, 3.05) is 11.5 Å². The summed E-state index contributed by atoms with van der Waals surface area (Å²) >= 11 is 5.65. The quantitative estimate of drug-likeness (QED) is 0.480. The van der Waals surface area contributed by atoms with E-state index in [4.69, 9.17) is 0 Å². The molecule has 0 amide bonds. The Morgan fingerprint density at radius 3 is 2.50 bits per heavy atom. The van der Waals surface area contributed by atoms with Crippen LogP contribution in [0.4, 0.5) is 0 Å². The van der Waals surface area contributed by atoms with E-state index < -0.39 is 0 Å². The van der Waals surface area contributed by atoms with Crippen LogP contribution in [0.1, 0.15) is 40.0 Å². The topological polar surface area (TPSA) is 0 Å². The summed E-state index contributed by atoms with van der Waals surface area (Å²) in [6, 6.07) is 0. The van der Waals surface area contributed by atoms with Crippen LogP contribution >= 0.6 is 27.7 Å². The lowest BCUT2D eigenvalue weighted by Crippen LogP contribution is -2.02. The first-order valence-corrected chi connectivity index (χ1v) is 6.95. The summed E-state index contributed by atoms with van der Waals surface area (Å²) in [6.07, 6.45) is 4.10. The Morgan fingerprint density at radius 2 is 2.00 bits per heavy atom. The molecule has 0 nitrogen and oxygen atoms in total. The summed E-state index contributed by atoms with van der Waals surface area (Å²) < 4.78 is 0. The van der Waals surface area contributed by atoms with Crippen LogP contribution in [-0.4, -0.2) is 16.3 Å². The summed E-state index contributed by atoms with van der Waals surface area (Å²) in [5, 5.41) is 0. The van der Waals surface area contributed by atoms with Crippen molar-refractivity contribution in [2.45, 2.75) is 44.9 Å². The summed E-state index contributed by atoms with van der Waals surface area (Å²) in [5.74, 6) is 3.50. The highest BCUT2D eigenvalue weighted by molar-refractivity contribution is 9.09. The highest BCUT2D eigenvalue weighted by atomic mass is 79.9. The highest BCUT2D eigenvalue weighted by Crippen LogP contribution is 2.18. The molecule has 0 spiro atoms. The van der Waals surface area contributed by atoms with Gasteiger partial charge in [0.15, 0.2) is 0 Å². The van der Waals surface area contributed by atoms with E-state index in [1.807, 2.05) is 0 Å². The monoisotopic (exact) mass is 252 g/mol. The minimum absolute atomic E-state index is 0.686. The van der Waals surface area contributed by atoms with Crippen molar-refractivity contribution in [2.24, 2.45) is 5.92 Å². The van der Waals surface area contributed by atoms with Gasteiger partial charge in [-0.3, -0.25) is 0 Å². The lowest BCUT2D eigenvalue weighted by molar-refractivity contribution is 0.490. The van der Waals surface area contributed by atoms with Crippen molar-refractivity contribution in [3.05, 3.63) is 0 Å². The maximum atomic E-state index is 3.59. The lowest BCUT2D eigenvalue weighted by atomic mass is 10.0. The largest absolute Gasteiger partial charge is 0.162 e. The molecule has 0 fully saturated rings. The van der Waals surface area contributed by atoms with Crippen LogP contribution in [0.5, 0.6) is 0 Å². The summed E-state index contributed by atoms with van der Waals surface area (Å²) in [6.45, 7) is 6.82. The van der Waals surface area contributed by atoms with Crippen LogP contribution in [-0.2, 0) is 0 Å². The molecule has 0 aromatic rings. The predicted molar refractivity (Wildman–Crippen MR) is 64.4 cm³/mol. The molecule has 0 bridgehead atoms. The molecule has 74 valence electrons. The van der Waals surface area contributed by atoms with Crippen molar-refractivity contribution < 1.29 is 0 Å². The van der Waals surface area contributed by atoms with Crippen molar-refractivity contribution in [1.29, 1.82) is 0 Å².